The van der Waals surface area contributed by atoms with Crippen molar-refractivity contribution in [3.8, 4) is 22.4 Å². The molecule has 0 fully saturated rings. The molecule has 1 heterocycles. The number of ether oxygens (including phenoxy) is 1. The summed E-state index contributed by atoms with van der Waals surface area (Å²) in [6.07, 6.45) is 14.2. The van der Waals surface area contributed by atoms with Gasteiger partial charge in [-0.1, -0.05) is 80.5 Å². The lowest BCUT2D eigenvalue weighted by molar-refractivity contribution is 0.0566. The van der Waals surface area contributed by atoms with Crippen molar-refractivity contribution in [1.29, 1.82) is 0 Å². The van der Waals surface area contributed by atoms with Crippen molar-refractivity contribution in [1.82, 2.24) is 4.98 Å². The van der Waals surface area contributed by atoms with E-state index in [1.54, 1.807) is 30.5 Å². The first-order chi connectivity index (χ1) is 17.5. The molecule has 2 aromatic carbocycles. The molecule has 190 valence electrons. The van der Waals surface area contributed by atoms with Crippen LogP contribution in [0.15, 0.2) is 73.5 Å². The van der Waals surface area contributed by atoms with E-state index >= 15 is 0 Å². The van der Waals surface area contributed by atoms with E-state index in [4.69, 9.17) is 4.74 Å². The van der Waals surface area contributed by atoms with Crippen LogP contribution in [-0.4, -0.2) is 17.7 Å². The Bertz CT molecular complexity index is 1120. The van der Waals surface area contributed by atoms with Gasteiger partial charge in [-0.05, 0) is 50.7 Å². The molecule has 0 radical (unpaired) electrons. The van der Waals surface area contributed by atoms with Gasteiger partial charge in [0, 0.05) is 35.1 Å². The van der Waals surface area contributed by atoms with Crippen molar-refractivity contribution >= 4 is 6.08 Å². The van der Waals surface area contributed by atoms with Crippen LogP contribution in [0, 0.1) is 11.6 Å². The summed E-state index contributed by atoms with van der Waals surface area (Å²) in [5.41, 5.74) is 3.94. The number of allylic oxidation sites excluding steroid dienone is 2. The number of benzene rings is 2. The molecule has 1 atom stereocenters. The third-order valence-corrected chi connectivity index (χ3v) is 6.25. The number of aromatic nitrogens is 1. The Balaban J connectivity index is 1.57. The van der Waals surface area contributed by atoms with Gasteiger partial charge < -0.3 is 4.74 Å². The van der Waals surface area contributed by atoms with E-state index < -0.39 is 11.6 Å². The first-order valence-corrected chi connectivity index (χ1v) is 13.0. The third kappa shape index (κ3) is 7.96. The van der Waals surface area contributed by atoms with Gasteiger partial charge in [0.1, 0.15) is 0 Å². The maximum Gasteiger partial charge on any atom is 0.167 e. The highest BCUT2D eigenvalue weighted by atomic mass is 19.2. The quantitative estimate of drug-likeness (QED) is 0.166. The molecule has 36 heavy (non-hydrogen) atoms. The van der Waals surface area contributed by atoms with Crippen LogP contribution in [0.5, 0.6) is 0 Å². The third-order valence-electron chi connectivity index (χ3n) is 6.25. The Kier molecular flexibility index (Phi) is 11.0. The van der Waals surface area contributed by atoms with E-state index in [1.807, 2.05) is 42.5 Å². The van der Waals surface area contributed by atoms with Crippen molar-refractivity contribution in [3.05, 3.63) is 96.2 Å². The van der Waals surface area contributed by atoms with Crippen molar-refractivity contribution in [2.24, 2.45) is 0 Å². The van der Waals surface area contributed by atoms with Crippen molar-refractivity contribution in [2.45, 2.75) is 64.9 Å². The fourth-order valence-electron chi connectivity index (χ4n) is 4.07. The van der Waals surface area contributed by atoms with E-state index in [0.717, 1.165) is 50.0 Å². The Morgan fingerprint density at radius 3 is 2.42 bits per heavy atom. The number of nitrogens with zero attached hydrogens (tertiary/aromatic N) is 1. The lowest BCUT2D eigenvalue weighted by Crippen LogP contribution is -2.08. The second kappa shape index (κ2) is 14.4. The summed E-state index contributed by atoms with van der Waals surface area (Å²) in [7, 11) is 0. The molecule has 1 unspecified atom stereocenters. The lowest BCUT2D eigenvalue weighted by Gasteiger charge is -2.12. The molecule has 0 spiro atoms. The number of rotatable bonds is 14. The predicted octanol–water partition coefficient (Wildman–Crippen LogP) is 9.20. The molecule has 0 aliphatic carbocycles. The Hall–Kier alpha value is -3.11. The van der Waals surface area contributed by atoms with Crippen LogP contribution >= 0.6 is 0 Å². The van der Waals surface area contributed by atoms with Crippen LogP contribution in [0.4, 0.5) is 8.78 Å². The molecule has 0 bridgehead atoms. The van der Waals surface area contributed by atoms with Crippen LogP contribution in [0.25, 0.3) is 28.5 Å². The molecule has 0 saturated carbocycles. The largest absolute Gasteiger partial charge is 0.379 e. The normalized spacial score (nSPS) is 12.2. The number of halogens is 2. The van der Waals surface area contributed by atoms with Crippen LogP contribution in [0.1, 0.15) is 63.5 Å². The van der Waals surface area contributed by atoms with E-state index in [0.29, 0.717) is 5.56 Å². The van der Waals surface area contributed by atoms with Crippen molar-refractivity contribution in [3.63, 3.8) is 0 Å². The molecule has 0 amide bonds. The van der Waals surface area contributed by atoms with Gasteiger partial charge in [-0.15, -0.1) is 6.58 Å². The second-order valence-electron chi connectivity index (χ2n) is 9.17. The van der Waals surface area contributed by atoms with Crippen molar-refractivity contribution in [2.75, 3.05) is 6.61 Å². The highest BCUT2D eigenvalue weighted by Crippen LogP contribution is 2.28. The summed E-state index contributed by atoms with van der Waals surface area (Å²) in [5.74, 6) is -1.69. The van der Waals surface area contributed by atoms with Gasteiger partial charge in [0.2, 0.25) is 0 Å². The molecule has 3 rings (SSSR count). The van der Waals surface area contributed by atoms with E-state index in [-0.39, 0.29) is 17.2 Å². The van der Waals surface area contributed by atoms with Gasteiger partial charge in [0.25, 0.3) is 0 Å². The Morgan fingerprint density at radius 1 is 0.944 bits per heavy atom. The average Bonchev–Trinajstić information content (AvgIpc) is 2.90. The van der Waals surface area contributed by atoms with Gasteiger partial charge in [0.15, 0.2) is 11.6 Å². The van der Waals surface area contributed by atoms with E-state index in [9.17, 15) is 8.78 Å². The Morgan fingerprint density at radius 2 is 1.72 bits per heavy atom. The minimum Gasteiger partial charge on any atom is -0.379 e. The van der Waals surface area contributed by atoms with E-state index in [1.165, 1.54) is 18.4 Å². The van der Waals surface area contributed by atoms with Gasteiger partial charge in [-0.2, -0.15) is 0 Å². The molecule has 0 saturated heterocycles. The van der Waals surface area contributed by atoms with Gasteiger partial charge in [-0.25, -0.2) is 8.78 Å². The van der Waals surface area contributed by atoms with Crippen LogP contribution in [0.3, 0.4) is 0 Å². The minimum absolute atomic E-state index is 0.207. The summed E-state index contributed by atoms with van der Waals surface area (Å²) in [5, 5.41) is 0. The van der Waals surface area contributed by atoms with E-state index in [2.05, 4.69) is 25.4 Å². The van der Waals surface area contributed by atoms with Crippen LogP contribution < -0.4 is 0 Å². The molecule has 0 N–H and O–H groups in total. The molecule has 4 heteroatoms. The number of unbranched alkanes of at least 4 members (excludes halogenated alkanes) is 3. The summed E-state index contributed by atoms with van der Waals surface area (Å²) >= 11 is 0. The monoisotopic (exact) mass is 489 g/mol. The van der Waals surface area contributed by atoms with Gasteiger partial charge in [-0.3, -0.25) is 4.98 Å². The molecular weight excluding hydrogens is 452 g/mol. The summed E-state index contributed by atoms with van der Waals surface area (Å²) < 4.78 is 35.4. The second-order valence-corrected chi connectivity index (χ2v) is 9.17. The molecule has 3 aromatic rings. The number of pyridine rings is 1. The molecule has 2 nitrogen and oxygen atoms in total. The van der Waals surface area contributed by atoms with Crippen LogP contribution in [0.2, 0.25) is 0 Å². The van der Waals surface area contributed by atoms with Crippen LogP contribution in [-0.2, 0) is 11.2 Å². The average molecular weight is 490 g/mol. The van der Waals surface area contributed by atoms with Gasteiger partial charge in [0.05, 0.1) is 11.8 Å². The predicted molar refractivity (Wildman–Crippen MR) is 147 cm³/mol. The first kappa shape index (κ1) is 27.5. The fraction of sp³-hybridized carbons (Fsp3) is 0.344. The standard InChI is InChI=1S/C32H37F2NO/c1-4-6-10-22-36-24(3)12-8-7-9-13-27-18-20-29(32(34)31(27)33)28-19-21-30(35-23-28)26-16-14-25(11-5-2)15-17-26/h5,9,13-21,23-24H,2,4,6-8,10-12,22H2,1,3H3. The van der Waals surface area contributed by atoms with Crippen molar-refractivity contribution < 1.29 is 13.5 Å². The zero-order valence-corrected chi connectivity index (χ0v) is 21.5. The smallest absolute Gasteiger partial charge is 0.167 e. The first-order valence-electron chi connectivity index (χ1n) is 13.0. The molecule has 0 aliphatic rings. The lowest BCUT2D eigenvalue weighted by atomic mass is 10.0. The zero-order valence-electron chi connectivity index (χ0n) is 21.5. The summed E-state index contributed by atoms with van der Waals surface area (Å²) in [4.78, 5) is 4.47. The maximum atomic E-state index is 14.9. The molecular formula is C32H37F2NO. The minimum atomic E-state index is -0.852. The fourth-order valence-corrected chi connectivity index (χ4v) is 4.07. The summed E-state index contributed by atoms with van der Waals surface area (Å²) in [6, 6.07) is 14.9. The number of hydrogen-bond donors (Lipinski definition) is 0. The number of hydrogen-bond acceptors (Lipinski definition) is 2. The zero-order chi connectivity index (χ0) is 25.8. The summed E-state index contributed by atoms with van der Waals surface area (Å²) in [6.45, 7) is 8.83. The topological polar surface area (TPSA) is 22.1 Å². The molecule has 0 aliphatic heterocycles. The van der Waals surface area contributed by atoms with Gasteiger partial charge >= 0.3 is 0 Å². The maximum absolute atomic E-state index is 14.9. The Labute approximate surface area is 214 Å². The molecule has 1 aromatic heterocycles. The highest BCUT2D eigenvalue weighted by Gasteiger charge is 2.14. The highest BCUT2D eigenvalue weighted by molar-refractivity contribution is 5.69. The SMILES string of the molecule is C=CCc1ccc(-c2ccc(-c3ccc(C=CCCCC(C)OCCCCC)c(F)c3F)cn2)cc1.